The molecule has 0 fully saturated rings. The lowest BCUT2D eigenvalue weighted by molar-refractivity contribution is -0.115. The number of rotatable bonds is 6. The second-order valence-electron chi connectivity index (χ2n) is 5.66. The fourth-order valence-corrected chi connectivity index (χ4v) is 2.04. The minimum absolute atomic E-state index is 0.0675. The normalized spacial score (nSPS) is 10.5. The highest BCUT2D eigenvalue weighted by Crippen LogP contribution is 2.11. The summed E-state index contributed by atoms with van der Waals surface area (Å²) in [6.45, 7) is 1.78. The van der Waals surface area contributed by atoms with Crippen LogP contribution >= 0.6 is 0 Å². The monoisotopic (exact) mass is 338 g/mol. The first kappa shape index (κ1) is 18.2. The lowest BCUT2D eigenvalue weighted by Crippen LogP contribution is -2.17. The second kappa shape index (κ2) is 8.63. The van der Waals surface area contributed by atoms with Gasteiger partial charge in [0.2, 0.25) is 5.91 Å². The first-order valence-electron chi connectivity index (χ1n) is 8.00. The van der Waals surface area contributed by atoms with Crippen molar-refractivity contribution >= 4 is 29.4 Å². The molecule has 2 aromatic carbocycles. The number of hydrazone groups is 1. The predicted molar refractivity (Wildman–Crippen MR) is 101 cm³/mol. The van der Waals surface area contributed by atoms with E-state index in [0.29, 0.717) is 17.7 Å². The Morgan fingerprint density at radius 2 is 1.68 bits per heavy atom. The molecule has 0 saturated heterocycles. The third-order valence-corrected chi connectivity index (χ3v) is 3.54. The van der Waals surface area contributed by atoms with E-state index in [9.17, 15) is 9.59 Å². The fourth-order valence-electron chi connectivity index (χ4n) is 2.04. The van der Waals surface area contributed by atoms with Crippen LogP contribution in [-0.2, 0) is 4.79 Å². The molecule has 2 aromatic rings. The zero-order chi connectivity index (χ0) is 18.2. The van der Waals surface area contributed by atoms with Gasteiger partial charge in [-0.15, -0.1) is 0 Å². The number of benzene rings is 2. The molecule has 2 amide bonds. The summed E-state index contributed by atoms with van der Waals surface area (Å²) >= 11 is 0. The summed E-state index contributed by atoms with van der Waals surface area (Å²) in [4.78, 5) is 25.4. The molecule has 0 aromatic heterocycles. The molecule has 2 N–H and O–H groups in total. The number of carbonyl (C=O) groups excluding carboxylic acids is 2. The van der Waals surface area contributed by atoms with Crippen LogP contribution in [-0.4, -0.2) is 32.1 Å². The van der Waals surface area contributed by atoms with Crippen molar-refractivity contribution in [2.24, 2.45) is 5.10 Å². The minimum Gasteiger partial charge on any atom is -0.378 e. The molecule has 6 nitrogen and oxygen atoms in total. The maximum atomic E-state index is 12.0. The molecular formula is C19H22N4O2. The molecule has 0 aliphatic carbocycles. The first-order chi connectivity index (χ1) is 12.0. The van der Waals surface area contributed by atoms with E-state index in [4.69, 9.17) is 0 Å². The van der Waals surface area contributed by atoms with Crippen molar-refractivity contribution in [3.8, 4) is 0 Å². The van der Waals surface area contributed by atoms with E-state index in [1.165, 1.54) is 0 Å². The van der Waals surface area contributed by atoms with E-state index < -0.39 is 0 Å². The van der Waals surface area contributed by atoms with Crippen molar-refractivity contribution in [2.75, 3.05) is 24.3 Å². The van der Waals surface area contributed by atoms with Gasteiger partial charge in [0.1, 0.15) is 0 Å². The van der Waals surface area contributed by atoms with Crippen LogP contribution in [0.1, 0.15) is 29.3 Å². The SMILES string of the molecule is CCC(=O)Nc1ccc(C(=O)N/N=C/c2ccc(N(C)C)cc2)cc1. The summed E-state index contributed by atoms with van der Waals surface area (Å²) in [5, 5.41) is 6.70. The van der Waals surface area contributed by atoms with Gasteiger partial charge in [0.05, 0.1) is 6.21 Å². The Kier molecular flexibility index (Phi) is 6.28. The molecule has 2 rings (SSSR count). The highest BCUT2D eigenvalue weighted by atomic mass is 16.2. The average Bonchev–Trinajstić information content (AvgIpc) is 2.62. The lowest BCUT2D eigenvalue weighted by atomic mass is 10.2. The van der Waals surface area contributed by atoms with Gasteiger partial charge in [-0.25, -0.2) is 5.43 Å². The van der Waals surface area contributed by atoms with Crippen LogP contribution in [0.5, 0.6) is 0 Å². The van der Waals surface area contributed by atoms with Crippen molar-refractivity contribution in [2.45, 2.75) is 13.3 Å². The van der Waals surface area contributed by atoms with Gasteiger partial charge in [-0.2, -0.15) is 5.10 Å². The molecule has 6 heteroatoms. The largest absolute Gasteiger partial charge is 0.378 e. The van der Waals surface area contributed by atoms with E-state index >= 15 is 0 Å². The Hall–Kier alpha value is -3.15. The summed E-state index contributed by atoms with van der Waals surface area (Å²) in [7, 11) is 3.95. The zero-order valence-corrected chi connectivity index (χ0v) is 14.6. The lowest BCUT2D eigenvalue weighted by Gasteiger charge is -2.11. The van der Waals surface area contributed by atoms with Crippen molar-refractivity contribution in [3.63, 3.8) is 0 Å². The van der Waals surface area contributed by atoms with Crippen LogP contribution in [0.25, 0.3) is 0 Å². The molecule has 0 saturated carbocycles. The molecule has 0 heterocycles. The van der Waals surface area contributed by atoms with Gasteiger partial charge in [-0.05, 0) is 42.0 Å². The van der Waals surface area contributed by atoms with Crippen LogP contribution in [0.4, 0.5) is 11.4 Å². The highest BCUT2D eigenvalue weighted by molar-refractivity contribution is 5.96. The number of hydrogen-bond donors (Lipinski definition) is 2. The molecule has 25 heavy (non-hydrogen) atoms. The number of hydrogen-bond acceptors (Lipinski definition) is 4. The molecule has 130 valence electrons. The third kappa shape index (κ3) is 5.46. The molecule has 0 atom stereocenters. The molecule has 0 aliphatic heterocycles. The van der Waals surface area contributed by atoms with Gasteiger partial charge in [0.15, 0.2) is 0 Å². The highest BCUT2D eigenvalue weighted by Gasteiger charge is 2.05. The third-order valence-electron chi connectivity index (χ3n) is 3.54. The molecule has 0 bridgehead atoms. The number of nitrogens with one attached hydrogen (secondary N) is 2. The van der Waals surface area contributed by atoms with Crippen LogP contribution in [0.3, 0.4) is 0 Å². The summed E-state index contributed by atoms with van der Waals surface area (Å²) in [6, 6.07) is 14.5. The van der Waals surface area contributed by atoms with E-state index in [-0.39, 0.29) is 11.8 Å². The zero-order valence-electron chi connectivity index (χ0n) is 14.6. The molecule has 0 spiro atoms. The number of nitrogens with zero attached hydrogens (tertiary/aromatic N) is 2. The Labute approximate surface area is 147 Å². The predicted octanol–water partition coefficient (Wildman–Crippen LogP) is 2.87. The van der Waals surface area contributed by atoms with E-state index in [0.717, 1.165) is 11.3 Å². The van der Waals surface area contributed by atoms with Gasteiger partial charge in [0, 0.05) is 37.5 Å². The van der Waals surface area contributed by atoms with Crippen LogP contribution in [0.2, 0.25) is 0 Å². The van der Waals surface area contributed by atoms with Gasteiger partial charge >= 0.3 is 0 Å². The van der Waals surface area contributed by atoms with Crippen molar-refractivity contribution in [1.82, 2.24) is 5.43 Å². The number of anilines is 2. The minimum atomic E-state index is -0.311. The van der Waals surface area contributed by atoms with Crippen molar-refractivity contribution < 1.29 is 9.59 Å². The average molecular weight is 338 g/mol. The second-order valence-corrected chi connectivity index (χ2v) is 5.66. The summed E-state index contributed by atoms with van der Waals surface area (Å²) in [5.74, 6) is -0.378. The molecule has 0 unspecified atom stereocenters. The van der Waals surface area contributed by atoms with E-state index in [1.54, 1.807) is 37.4 Å². The van der Waals surface area contributed by atoms with E-state index in [2.05, 4.69) is 15.8 Å². The van der Waals surface area contributed by atoms with E-state index in [1.807, 2.05) is 43.3 Å². The Balaban J connectivity index is 1.92. The number of carbonyl (C=O) groups is 2. The Morgan fingerprint density at radius 1 is 1.04 bits per heavy atom. The smallest absolute Gasteiger partial charge is 0.271 e. The van der Waals surface area contributed by atoms with Gasteiger partial charge in [-0.3, -0.25) is 9.59 Å². The van der Waals surface area contributed by atoms with Crippen LogP contribution in [0, 0.1) is 0 Å². The molecule has 0 radical (unpaired) electrons. The van der Waals surface area contributed by atoms with Crippen LogP contribution in [0.15, 0.2) is 53.6 Å². The topological polar surface area (TPSA) is 73.8 Å². The fraction of sp³-hybridized carbons (Fsp3) is 0.211. The van der Waals surface area contributed by atoms with Gasteiger partial charge in [0.25, 0.3) is 5.91 Å². The van der Waals surface area contributed by atoms with Crippen molar-refractivity contribution in [3.05, 3.63) is 59.7 Å². The molecule has 0 aliphatic rings. The Bertz CT molecular complexity index is 750. The van der Waals surface area contributed by atoms with Gasteiger partial charge < -0.3 is 10.2 Å². The summed E-state index contributed by atoms with van der Waals surface area (Å²) in [5.41, 5.74) is 5.60. The standard InChI is InChI=1S/C19H22N4O2/c1-4-18(24)21-16-9-7-15(8-10-16)19(25)22-20-13-14-5-11-17(12-6-14)23(2)3/h5-13H,4H2,1-3H3,(H,21,24)(H,22,25)/b20-13+. The number of amides is 2. The molecular weight excluding hydrogens is 316 g/mol. The van der Waals surface area contributed by atoms with Crippen molar-refractivity contribution in [1.29, 1.82) is 0 Å². The Morgan fingerprint density at radius 3 is 2.24 bits per heavy atom. The van der Waals surface area contributed by atoms with Gasteiger partial charge in [-0.1, -0.05) is 19.1 Å². The maximum Gasteiger partial charge on any atom is 0.271 e. The quantitative estimate of drug-likeness (QED) is 0.628. The maximum absolute atomic E-state index is 12.0. The summed E-state index contributed by atoms with van der Waals surface area (Å²) in [6.07, 6.45) is 2.00. The van der Waals surface area contributed by atoms with Crippen LogP contribution < -0.4 is 15.6 Å². The first-order valence-corrected chi connectivity index (χ1v) is 8.00. The summed E-state index contributed by atoms with van der Waals surface area (Å²) < 4.78 is 0.